The zero-order valence-electron chi connectivity index (χ0n) is 14.4. The molecule has 0 aromatic heterocycles. The van der Waals surface area contributed by atoms with Crippen LogP contribution in [0.5, 0.6) is 0 Å². The van der Waals surface area contributed by atoms with Crippen molar-refractivity contribution in [3.05, 3.63) is 0 Å². The summed E-state index contributed by atoms with van der Waals surface area (Å²) in [7, 11) is 0. The van der Waals surface area contributed by atoms with Crippen molar-refractivity contribution >= 4 is 5.97 Å². The summed E-state index contributed by atoms with van der Waals surface area (Å²) >= 11 is 0. The summed E-state index contributed by atoms with van der Waals surface area (Å²) in [5.41, 5.74) is 0. The maximum Gasteiger partial charge on any atom is 0.311 e. The first-order valence-corrected chi connectivity index (χ1v) is 9.92. The molecule has 4 bridgehead atoms. The number of esters is 1. The third kappa shape index (κ3) is 1.83. The molecule has 3 heteroatoms. The maximum atomic E-state index is 12.1. The number of rotatable bonds is 2. The smallest absolute Gasteiger partial charge is 0.311 e. The van der Waals surface area contributed by atoms with Crippen LogP contribution in [-0.4, -0.2) is 23.8 Å². The van der Waals surface area contributed by atoms with Crippen LogP contribution in [0.4, 0.5) is 0 Å². The summed E-state index contributed by atoms with van der Waals surface area (Å²) in [4.78, 5) is 12.1. The Morgan fingerprint density at radius 3 is 2.52 bits per heavy atom. The van der Waals surface area contributed by atoms with E-state index in [1.54, 1.807) is 0 Å². The van der Waals surface area contributed by atoms with Gasteiger partial charge in [0, 0.05) is 0 Å². The highest BCUT2D eigenvalue weighted by Crippen LogP contribution is 2.71. The number of ether oxygens (including phenoxy) is 1. The van der Waals surface area contributed by atoms with E-state index in [1.165, 1.54) is 19.3 Å². The summed E-state index contributed by atoms with van der Waals surface area (Å²) < 4.78 is 5.22. The lowest BCUT2D eigenvalue weighted by molar-refractivity contribution is -0.161. The molecule has 0 radical (unpaired) electrons. The number of carbonyl (C=O) groups is 1. The van der Waals surface area contributed by atoms with Crippen molar-refractivity contribution in [3.63, 3.8) is 0 Å². The second-order valence-electron chi connectivity index (χ2n) is 9.40. The molecule has 11 unspecified atom stereocenters. The van der Waals surface area contributed by atoms with Crippen LogP contribution in [0.3, 0.4) is 0 Å². The van der Waals surface area contributed by atoms with Crippen LogP contribution in [-0.2, 0) is 9.53 Å². The second kappa shape index (κ2) is 4.97. The molecule has 23 heavy (non-hydrogen) atoms. The van der Waals surface area contributed by atoms with Gasteiger partial charge in [0.05, 0.1) is 18.6 Å². The lowest BCUT2D eigenvalue weighted by Crippen LogP contribution is -2.45. The van der Waals surface area contributed by atoms with Crippen LogP contribution < -0.4 is 0 Å². The van der Waals surface area contributed by atoms with Gasteiger partial charge < -0.3 is 9.84 Å². The van der Waals surface area contributed by atoms with Gasteiger partial charge >= 0.3 is 5.97 Å². The van der Waals surface area contributed by atoms with Gasteiger partial charge in [-0.05, 0) is 85.4 Å². The fraction of sp³-hybridized carbons (Fsp3) is 0.950. The van der Waals surface area contributed by atoms with E-state index in [4.69, 9.17) is 4.74 Å². The molecule has 5 aliphatic rings. The number of hydrogen-bond acceptors (Lipinski definition) is 3. The van der Waals surface area contributed by atoms with Crippen LogP contribution >= 0.6 is 0 Å². The van der Waals surface area contributed by atoms with Crippen LogP contribution in [0.2, 0.25) is 0 Å². The van der Waals surface area contributed by atoms with Gasteiger partial charge in [-0.2, -0.15) is 0 Å². The lowest BCUT2D eigenvalue weighted by atomic mass is 9.60. The van der Waals surface area contributed by atoms with Crippen LogP contribution in [0, 0.1) is 59.2 Å². The molecule has 4 aliphatic carbocycles. The average molecular weight is 318 g/mol. The first kappa shape index (κ1) is 14.7. The standard InChI is InChI=1S/C20H30O3/c1-9-10(2)14-8-13(9)17-11-6-15(18(14)17)16(7-11)19(21)12-4-3-5-23-20(12)22/h9-19,21H,3-8H2,1-2H3. The maximum absolute atomic E-state index is 12.1. The van der Waals surface area contributed by atoms with Gasteiger partial charge in [-0.1, -0.05) is 13.8 Å². The Kier molecular flexibility index (Phi) is 3.19. The molecule has 4 saturated carbocycles. The normalized spacial score (nSPS) is 58.3. The third-order valence-corrected chi connectivity index (χ3v) is 8.95. The SMILES string of the molecule is CC1C(C)C2CC1C1C3CC(C(O)C4CCCOC4=O)C(C3)C21. The van der Waals surface area contributed by atoms with Crippen LogP contribution in [0.25, 0.3) is 0 Å². The fourth-order valence-electron chi connectivity index (χ4n) is 7.98. The summed E-state index contributed by atoms with van der Waals surface area (Å²) in [5, 5.41) is 11.0. The Morgan fingerprint density at radius 2 is 1.78 bits per heavy atom. The molecule has 5 fully saturated rings. The van der Waals surface area contributed by atoms with Gasteiger partial charge in [0.25, 0.3) is 0 Å². The number of aliphatic hydroxyl groups is 1. The van der Waals surface area contributed by atoms with Gasteiger partial charge in [0.15, 0.2) is 0 Å². The molecular formula is C20H30O3. The van der Waals surface area contributed by atoms with Crippen molar-refractivity contribution in [3.8, 4) is 0 Å². The number of carbonyl (C=O) groups excluding carboxylic acids is 1. The van der Waals surface area contributed by atoms with E-state index in [1.807, 2.05) is 0 Å². The highest BCUT2D eigenvalue weighted by atomic mass is 16.5. The summed E-state index contributed by atoms with van der Waals surface area (Å²) in [6.07, 6.45) is 5.22. The molecule has 1 aliphatic heterocycles. The Balaban J connectivity index is 1.37. The van der Waals surface area contributed by atoms with E-state index in [-0.39, 0.29) is 11.9 Å². The van der Waals surface area contributed by atoms with Crippen molar-refractivity contribution in [2.75, 3.05) is 6.61 Å². The summed E-state index contributed by atoms with van der Waals surface area (Å²) in [6, 6.07) is 0. The molecule has 0 aromatic carbocycles. The average Bonchev–Trinajstić information content (AvgIpc) is 3.27. The zero-order chi connectivity index (χ0) is 15.9. The third-order valence-electron chi connectivity index (χ3n) is 8.95. The predicted molar refractivity (Wildman–Crippen MR) is 86.3 cm³/mol. The molecule has 1 heterocycles. The molecule has 0 spiro atoms. The molecular weight excluding hydrogens is 288 g/mol. The first-order chi connectivity index (χ1) is 11.1. The van der Waals surface area contributed by atoms with Crippen molar-refractivity contribution in [2.24, 2.45) is 59.2 Å². The Hall–Kier alpha value is -0.570. The largest absolute Gasteiger partial charge is 0.465 e. The lowest BCUT2D eigenvalue weighted by Gasteiger charge is -2.45. The van der Waals surface area contributed by atoms with Gasteiger partial charge in [-0.3, -0.25) is 4.79 Å². The molecule has 128 valence electrons. The number of hydrogen-bond donors (Lipinski definition) is 1. The highest BCUT2D eigenvalue weighted by Gasteiger charge is 2.66. The number of aliphatic hydroxyl groups excluding tert-OH is 1. The molecule has 0 aromatic rings. The summed E-state index contributed by atoms with van der Waals surface area (Å²) in [6.45, 7) is 5.48. The predicted octanol–water partition coefficient (Wildman–Crippen LogP) is 3.11. The molecule has 11 atom stereocenters. The van der Waals surface area contributed by atoms with Gasteiger partial charge in [0.1, 0.15) is 0 Å². The van der Waals surface area contributed by atoms with Crippen molar-refractivity contribution < 1.29 is 14.6 Å². The van der Waals surface area contributed by atoms with Gasteiger partial charge in [0.2, 0.25) is 0 Å². The highest BCUT2D eigenvalue weighted by molar-refractivity contribution is 5.73. The Morgan fingerprint density at radius 1 is 1.04 bits per heavy atom. The zero-order valence-corrected chi connectivity index (χ0v) is 14.4. The van der Waals surface area contributed by atoms with E-state index in [0.717, 1.165) is 54.3 Å². The molecule has 5 rings (SSSR count). The van der Waals surface area contributed by atoms with Crippen molar-refractivity contribution in [2.45, 2.75) is 52.1 Å². The fourth-order valence-corrected chi connectivity index (χ4v) is 7.98. The number of cyclic esters (lactones) is 1. The van der Waals surface area contributed by atoms with Crippen LogP contribution in [0.15, 0.2) is 0 Å². The minimum Gasteiger partial charge on any atom is -0.465 e. The minimum absolute atomic E-state index is 0.141. The summed E-state index contributed by atoms with van der Waals surface area (Å²) in [5.74, 6) is 6.88. The Labute approximate surface area is 139 Å². The molecule has 1 saturated heterocycles. The first-order valence-electron chi connectivity index (χ1n) is 9.92. The molecule has 3 nitrogen and oxygen atoms in total. The van der Waals surface area contributed by atoms with Crippen molar-refractivity contribution in [1.82, 2.24) is 0 Å². The van der Waals surface area contributed by atoms with Crippen LogP contribution in [0.1, 0.15) is 46.0 Å². The van der Waals surface area contributed by atoms with Gasteiger partial charge in [-0.15, -0.1) is 0 Å². The quantitative estimate of drug-likeness (QED) is 0.628. The topological polar surface area (TPSA) is 46.5 Å². The minimum atomic E-state index is -0.453. The monoisotopic (exact) mass is 318 g/mol. The van der Waals surface area contributed by atoms with E-state index in [0.29, 0.717) is 18.4 Å². The van der Waals surface area contributed by atoms with Gasteiger partial charge in [-0.25, -0.2) is 0 Å². The van der Waals surface area contributed by atoms with E-state index in [9.17, 15) is 9.90 Å². The second-order valence-corrected chi connectivity index (χ2v) is 9.40. The Bertz CT molecular complexity index is 517. The van der Waals surface area contributed by atoms with Crippen molar-refractivity contribution in [1.29, 1.82) is 0 Å². The molecule has 0 amide bonds. The molecule has 1 N–H and O–H groups in total. The van der Waals surface area contributed by atoms with E-state index in [2.05, 4.69) is 13.8 Å². The number of fused-ring (bicyclic) bond motifs is 9. The van der Waals surface area contributed by atoms with E-state index >= 15 is 0 Å². The van der Waals surface area contributed by atoms with E-state index < -0.39 is 6.10 Å².